The Morgan fingerprint density at radius 1 is 1.47 bits per heavy atom. The fraction of sp³-hybridized carbons (Fsp3) is 0.364. The Kier molecular flexibility index (Phi) is 5.04. The van der Waals surface area contributed by atoms with Gasteiger partial charge in [0.1, 0.15) is 0 Å². The minimum absolute atomic E-state index is 0.0646. The zero-order valence-electron chi connectivity index (χ0n) is 10.1. The van der Waals surface area contributed by atoms with Crippen molar-refractivity contribution in [3.63, 3.8) is 0 Å². The predicted molar refractivity (Wildman–Crippen MR) is 70.6 cm³/mol. The van der Waals surface area contributed by atoms with Crippen LogP contribution in [-0.4, -0.2) is 30.8 Å². The van der Waals surface area contributed by atoms with Crippen molar-refractivity contribution in [3.05, 3.63) is 28.2 Å². The van der Waals surface area contributed by atoms with Crippen LogP contribution < -0.4 is 10.6 Å². The highest BCUT2D eigenvalue weighted by atomic mass is 79.9. The van der Waals surface area contributed by atoms with Gasteiger partial charge in [0.25, 0.3) is 0 Å². The van der Waals surface area contributed by atoms with Gasteiger partial charge in [0, 0.05) is 23.6 Å². The second-order valence-corrected chi connectivity index (χ2v) is 4.79. The number of amidine groups is 1. The maximum Gasteiger partial charge on any atom is 0.390 e. The Bertz CT molecular complexity index is 477. The third-order valence-corrected chi connectivity index (χ3v) is 3.13. The van der Waals surface area contributed by atoms with Crippen LogP contribution in [0.2, 0.25) is 0 Å². The number of oxime groups is 1. The fourth-order valence-corrected chi connectivity index (χ4v) is 2.13. The van der Waals surface area contributed by atoms with E-state index in [1.54, 1.807) is 25.2 Å². The molecule has 1 aromatic rings. The molecule has 0 spiro atoms. The summed E-state index contributed by atoms with van der Waals surface area (Å²) in [6, 6.07) is 4.75. The summed E-state index contributed by atoms with van der Waals surface area (Å²) in [7, 11) is 1.56. The number of rotatable bonds is 4. The summed E-state index contributed by atoms with van der Waals surface area (Å²) in [5, 5.41) is 11.4. The Morgan fingerprint density at radius 3 is 2.58 bits per heavy atom. The lowest BCUT2D eigenvalue weighted by molar-refractivity contribution is -0.132. The lowest BCUT2D eigenvalue weighted by Crippen LogP contribution is -2.24. The monoisotopic (exact) mass is 339 g/mol. The Hall–Kier alpha value is -1.44. The first-order valence-electron chi connectivity index (χ1n) is 5.30. The zero-order chi connectivity index (χ0) is 14.6. The summed E-state index contributed by atoms with van der Waals surface area (Å²) in [6.07, 6.45) is -5.08. The molecule has 1 rings (SSSR count). The number of nitrogens with two attached hydrogens (primary N) is 1. The van der Waals surface area contributed by atoms with Crippen molar-refractivity contribution in [2.24, 2.45) is 10.9 Å². The second kappa shape index (κ2) is 6.14. The van der Waals surface area contributed by atoms with Crippen LogP contribution >= 0.6 is 15.9 Å². The molecule has 0 aliphatic carbocycles. The van der Waals surface area contributed by atoms with Gasteiger partial charge in [-0.1, -0.05) is 5.16 Å². The van der Waals surface area contributed by atoms with Crippen LogP contribution in [0.25, 0.3) is 0 Å². The van der Waals surface area contributed by atoms with Crippen LogP contribution in [-0.2, 0) is 0 Å². The predicted octanol–water partition coefficient (Wildman–Crippen LogP) is 2.93. The number of benzene rings is 1. The summed E-state index contributed by atoms with van der Waals surface area (Å²) >= 11 is 3.25. The first-order valence-corrected chi connectivity index (χ1v) is 6.09. The molecule has 0 bridgehead atoms. The minimum atomic E-state index is -4.19. The van der Waals surface area contributed by atoms with Crippen LogP contribution in [0.3, 0.4) is 0 Å². The molecule has 0 aliphatic heterocycles. The van der Waals surface area contributed by atoms with Gasteiger partial charge >= 0.3 is 6.18 Å². The molecule has 0 amide bonds. The van der Waals surface area contributed by atoms with Gasteiger partial charge < -0.3 is 15.8 Å². The van der Waals surface area contributed by atoms with Crippen LogP contribution in [0.15, 0.2) is 27.8 Å². The van der Waals surface area contributed by atoms with Crippen molar-refractivity contribution in [1.82, 2.24) is 0 Å². The summed E-state index contributed by atoms with van der Waals surface area (Å²) < 4.78 is 37.0. The van der Waals surface area contributed by atoms with Crippen molar-refractivity contribution in [1.29, 1.82) is 0 Å². The van der Waals surface area contributed by atoms with Gasteiger partial charge in [-0.3, -0.25) is 0 Å². The number of hydrogen-bond donors (Lipinski definition) is 2. The molecule has 1 aromatic carbocycles. The third kappa shape index (κ3) is 4.62. The molecule has 0 radical (unpaired) electrons. The SMILES string of the molecule is CN(CCC(F)(F)F)c1ccc(/C(N)=N/O)cc1Br. The minimum Gasteiger partial charge on any atom is -0.409 e. The molecule has 106 valence electrons. The Labute approximate surface area is 116 Å². The number of hydrogen-bond acceptors (Lipinski definition) is 3. The van der Waals surface area contributed by atoms with E-state index in [-0.39, 0.29) is 12.4 Å². The normalized spacial score (nSPS) is 12.6. The zero-order valence-corrected chi connectivity index (χ0v) is 11.7. The highest BCUT2D eigenvalue weighted by Crippen LogP contribution is 2.28. The molecule has 0 atom stereocenters. The van der Waals surface area contributed by atoms with Crippen molar-refractivity contribution in [3.8, 4) is 0 Å². The molecule has 0 fully saturated rings. The summed E-state index contributed by atoms with van der Waals surface area (Å²) in [5.41, 5.74) is 6.49. The van der Waals surface area contributed by atoms with Gasteiger partial charge in [0.2, 0.25) is 0 Å². The molecule has 4 nitrogen and oxygen atoms in total. The highest BCUT2D eigenvalue weighted by molar-refractivity contribution is 9.10. The van der Waals surface area contributed by atoms with Gasteiger partial charge in [-0.05, 0) is 34.1 Å². The van der Waals surface area contributed by atoms with E-state index in [0.717, 1.165) is 0 Å². The molecule has 0 unspecified atom stereocenters. The van der Waals surface area contributed by atoms with Gasteiger partial charge in [-0.15, -0.1) is 0 Å². The van der Waals surface area contributed by atoms with E-state index in [1.165, 1.54) is 4.90 Å². The summed E-state index contributed by atoms with van der Waals surface area (Å²) in [4.78, 5) is 1.48. The van der Waals surface area contributed by atoms with Crippen LogP contribution in [0.4, 0.5) is 18.9 Å². The van der Waals surface area contributed by atoms with Crippen molar-refractivity contribution in [2.45, 2.75) is 12.6 Å². The lowest BCUT2D eigenvalue weighted by atomic mass is 10.2. The molecule has 0 saturated heterocycles. The van der Waals surface area contributed by atoms with E-state index in [4.69, 9.17) is 10.9 Å². The molecule has 3 N–H and O–H groups in total. The smallest absolute Gasteiger partial charge is 0.390 e. The van der Waals surface area contributed by atoms with Crippen molar-refractivity contribution in [2.75, 3.05) is 18.5 Å². The summed E-state index contributed by atoms with van der Waals surface area (Å²) in [5.74, 6) is -0.0646. The van der Waals surface area contributed by atoms with Gasteiger partial charge in [-0.25, -0.2) is 0 Å². The molecule has 0 aromatic heterocycles. The number of alkyl halides is 3. The molecule has 0 heterocycles. The first-order chi connectivity index (χ1) is 8.74. The molecule has 0 saturated carbocycles. The fourth-order valence-electron chi connectivity index (χ4n) is 1.45. The van der Waals surface area contributed by atoms with E-state index in [1.807, 2.05) is 0 Å². The molecule has 8 heteroatoms. The average molecular weight is 340 g/mol. The Balaban J connectivity index is 2.85. The van der Waals surface area contributed by atoms with Crippen molar-refractivity contribution < 1.29 is 18.4 Å². The van der Waals surface area contributed by atoms with Crippen LogP contribution in [0.5, 0.6) is 0 Å². The molecule has 0 aliphatic rings. The topological polar surface area (TPSA) is 61.8 Å². The van der Waals surface area contributed by atoms with E-state index >= 15 is 0 Å². The van der Waals surface area contributed by atoms with Crippen LogP contribution in [0.1, 0.15) is 12.0 Å². The standard InChI is InChI=1S/C11H13BrF3N3O/c1-18(5-4-11(13,14)15)9-3-2-7(6-8(9)12)10(16)17-19/h2-3,6,19H,4-5H2,1H3,(H2,16,17). The van der Waals surface area contributed by atoms with Gasteiger partial charge in [0.15, 0.2) is 5.84 Å². The number of halogens is 4. The van der Waals surface area contributed by atoms with E-state index < -0.39 is 12.6 Å². The average Bonchev–Trinajstić information content (AvgIpc) is 2.34. The molecular weight excluding hydrogens is 327 g/mol. The van der Waals surface area contributed by atoms with Gasteiger partial charge in [-0.2, -0.15) is 13.2 Å². The number of anilines is 1. The Morgan fingerprint density at radius 2 is 2.11 bits per heavy atom. The first kappa shape index (κ1) is 15.6. The molecular formula is C11H13BrF3N3O. The van der Waals surface area contributed by atoms with Crippen LogP contribution in [0, 0.1) is 0 Å². The third-order valence-electron chi connectivity index (χ3n) is 2.49. The molecule has 19 heavy (non-hydrogen) atoms. The quantitative estimate of drug-likeness (QED) is 0.383. The van der Waals surface area contributed by atoms with E-state index in [9.17, 15) is 13.2 Å². The number of nitrogens with zero attached hydrogens (tertiary/aromatic N) is 2. The maximum absolute atomic E-state index is 12.1. The summed E-state index contributed by atoms with van der Waals surface area (Å²) in [6.45, 7) is -0.148. The van der Waals surface area contributed by atoms with E-state index in [0.29, 0.717) is 15.7 Å². The second-order valence-electron chi connectivity index (χ2n) is 3.94. The van der Waals surface area contributed by atoms with Crippen molar-refractivity contribution >= 4 is 27.5 Å². The maximum atomic E-state index is 12.1. The van der Waals surface area contributed by atoms with E-state index in [2.05, 4.69) is 21.1 Å². The lowest BCUT2D eigenvalue weighted by Gasteiger charge is -2.21. The van der Waals surface area contributed by atoms with Gasteiger partial charge in [0.05, 0.1) is 12.1 Å². The highest BCUT2D eigenvalue weighted by Gasteiger charge is 2.27. The largest absolute Gasteiger partial charge is 0.409 e.